The van der Waals surface area contributed by atoms with Crippen molar-refractivity contribution in [3.8, 4) is 0 Å². The smallest absolute Gasteiger partial charge is 0.263 e. The summed E-state index contributed by atoms with van der Waals surface area (Å²) in [5.41, 5.74) is 2.06. The van der Waals surface area contributed by atoms with Gasteiger partial charge in [-0.15, -0.1) is 11.3 Å². The molecule has 3 rings (SSSR count). The van der Waals surface area contributed by atoms with Gasteiger partial charge in [0.1, 0.15) is 4.88 Å². The second-order valence-corrected chi connectivity index (χ2v) is 8.09. The second-order valence-electron chi connectivity index (χ2n) is 7.06. The van der Waals surface area contributed by atoms with Crippen molar-refractivity contribution in [3.63, 3.8) is 0 Å². The highest BCUT2D eigenvalue weighted by atomic mass is 32.1. The number of nitrogens with zero attached hydrogens (tertiary/aromatic N) is 1. The Morgan fingerprint density at radius 1 is 1.28 bits per heavy atom. The molecular weight excluding hydrogens is 332 g/mol. The average Bonchev–Trinajstić information content (AvgIpc) is 3.03. The molecule has 1 aliphatic heterocycles. The van der Waals surface area contributed by atoms with Crippen LogP contribution in [0.15, 0.2) is 30.3 Å². The number of aromatic nitrogens is 1. The number of hydrogen-bond donors (Lipinski definition) is 1. The van der Waals surface area contributed by atoms with Crippen molar-refractivity contribution in [2.45, 2.75) is 44.9 Å². The Labute approximate surface area is 153 Å². The first kappa shape index (κ1) is 18.1. The van der Waals surface area contributed by atoms with Gasteiger partial charge in [-0.05, 0) is 25.3 Å². The maximum absolute atomic E-state index is 12.7. The number of nitrogens with one attached hydrogen (secondary N) is 1. The van der Waals surface area contributed by atoms with Crippen molar-refractivity contribution in [2.75, 3.05) is 19.8 Å². The minimum atomic E-state index is -0.0470. The van der Waals surface area contributed by atoms with E-state index < -0.39 is 0 Å². The third-order valence-corrected chi connectivity index (χ3v) is 6.39. The summed E-state index contributed by atoms with van der Waals surface area (Å²) in [4.78, 5) is 18.0. The Morgan fingerprint density at radius 3 is 2.56 bits per heavy atom. The van der Waals surface area contributed by atoms with Crippen LogP contribution in [0.4, 0.5) is 0 Å². The molecule has 134 valence electrons. The zero-order valence-electron chi connectivity index (χ0n) is 15.2. The van der Waals surface area contributed by atoms with Gasteiger partial charge < -0.3 is 10.1 Å². The van der Waals surface area contributed by atoms with Crippen molar-refractivity contribution in [1.29, 1.82) is 0 Å². The van der Waals surface area contributed by atoms with Crippen LogP contribution in [-0.4, -0.2) is 30.6 Å². The molecule has 4 nitrogen and oxygen atoms in total. The Balaban J connectivity index is 1.76. The minimum absolute atomic E-state index is 0.0105. The molecule has 1 aromatic heterocycles. The third-order valence-electron chi connectivity index (χ3n) is 4.94. The predicted molar refractivity (Wildman–Crippen MR) is 101 cm³/mol. The normalized spacial score (nSPS) is 16.8. The van der Waals surface area contributed by atoms with Crippen molar-refractivity contribution >= 4 is 17.2 Å². The molecule has 1 amide bonds. The van der Waals surface area contributed by atoms with Gasteiger partial charge in [0.05, 0.1) is 10.7 Å². The second kappa shape index (κ2) is 7.67. The van der Waals surface area contributed by atoms with Crippen LogP contribution in [0.2, 0.25) is 0 Å². The summed E-state index contributed by atoms with van der Waals surface area (Å²) in [6.45, 7) is 8.23. The first-order chi connectivity index (χ1) is 12.0. The van der Waals surface area contributed by atoms with Crippen LogP contribution in [0.25, 0.3) is 0 Å². The molecule has 2 aromatic rings. The van der Waals surface area contributed by atoms with Crippen molar-refractivity contribution in [2.24, 2.45) is 0 Å². The summed E-state index contributed by atoms with van der Waals surface area (Å²) >= 11 is 1.51. The van der Waals surface area contributed by atoms with Gasteiger partial charge in [-0.1, -0.05) is 44.2 Å². The number of rotatable bonds is 5. The highest BCUT2D eigenvalue weighted by molar-refractivity contribution is 7.13. The number of aryl methyl sites for hydroxylation is 1. The summed E-state index contributed by atoms with van der Waals surface area (Å²) in [6, 6.07) is 10.5. The van der Waals surface area contributed by atoms with Crippen LogP contribution < -0.4 is 5.32 Å². The van der Waals surface area contributed by atoms with E-state index in [0.717, 1.165) is 41.6 Å². The van der Waals surface area contributed by atoms with Crippen LogP contribution in [0.5, 0.6) is 0 Å². The fraction of sp³-hybridized carbons (Fsp3) is 0.500. The quantitative estimate of drug-likeness (QED) is 0.877. The molecule has 25 heavy (non-hydrogen) atoms. The number of hydrogen-bond acceptors (Lipinski definition) is 4. The SMILES string of the molecule is Cc1nc(C(C)C)sc1C(=O)NCC1(c2ccccc2)CCOCC1. The number of benzene rings is 1. The van der Waals surface area contributed by atoms with Gasteiger partial charge in [-0.3, -0.25) is 4.79 Å². The number of amides is 1. The third kappa shape index (κ3) is 3.93. The maximum atomic E-state index is 12.7. The lowest BCUT2D eigenvalue weighted by Crippen LogP contribution is -2.44. The van der Waals surface area contributed by atoms with Gasteiger partial charge in [0, 0.05) is 31.1 Å². The van der Waals surface area contributed by atoms with Gasteiger partial charge in [0.15, 0.2) is 0 Å². The first-order valence-corrected chi connectivity index (χ1v) is 9.72. The van der Waals surface area contributed by atoms with Crippen molar-refractivity contribution < 1.29 is 9.53 Å². The molecule has 0 saturated carbocycles. The average molecular weight is 359 g/mol. The molecule has 1 aromatic carbocycles. The Kier molecular flexibility index (Phi) is 5.54. The Hall–Kier alpha value is -1.72. The zero-order chi connectivity index (χ0) is 17.9. The van der Waals surface area contributed by atoms with E-state index in [1.165, 1.54) is 16.9 Å². The summed E-state index contributed by atoms with van der Waals surface area (Å²) in [7, 11) is 0. The molecule has 0 spiro atoms. The molecule has 0 bridgehead atoms. The molecule has 0 unspecified atom stereocenters. The summed E-state index contributed by atoms with van der Waals surface area (Å²) in [6.07, 6.45) is 1.85. The molecule has 0 radical (unpaired) electrons. The molecule has 5 heteroatoms. The number of carbonyl (C=O) groups is 1. The van der Waals surface area contributed by atoms with Gasteiger partial charge in [0.2, 0.25) is 0 Å². The monoisotopic (exact) mass is 358 g/mol. The molecule has 1 fully saturated rings. The van der Waals surface area contributed by atoms with E-state index in [4.69, 9.17) is 4.74 Å². The minimum Gasteiger partial charge on any atom is -0.381 e. The number of ether oxygens (including phenoxy) is 1. The Morgan fingerprint density at radius 2 is 1.96 bits per heavy atom. The van der Waals surface area contributed by atoms with Crippen LogP contribution in [-0.2, 0) is 10.2 Å². The van der Waals surface area contributed by atoms with E-state index in [1.54, 1.807) is 0 Å². The number of carbonyl (C=O) groups excluding carboxylic acids is 1. The van der Waals surface area contributed by atoms with Gasteiger partial charge in [-0.25, -0.2) is 4.98 Å². The topological polar surface area (TPSA) is 51.2 Å². The van der Waals surface area contributed by atoms with Crippen LogP contribution in [0.1, 0.15) is 58.5 Å². The highest BCUT2D eigenvalue weighted by Crippen LogP contribution is 2.34. The predicted octanol–water partition coefficient (Wildman–Crippen LogP) is 4.05. The summed E-state index contributed by atoms with van der Waals surface area (Å²) in [5.74, 6) is 0.333. The van der Waals surface area contributed by atoms with Gasteiger partial charge in [-0.2, -0.15) is 0 Å². The molecule has 1 N–H and O–H groups in total. The van der Waals surface area contributed by atoms with E-state index in [9.17, 15) is 4.79 Å². The molecule has 0 aliphatic carbocycles. The fourth-order valence-electron chi connectivity index (χ4n) is 3.33. The molecule has 2 heterocycles. The molecule has 1 aliphatic rings. The van der Waals surface area contributed by atoms with Crippen molar-refractivity contribution in [3.05, 3.63) is 51.5 Å². The van der Waals surface area contributed by atoms with E-state index >= 15 is 0 Å². The van der Waals surface area contributed by atoms with Crippen LogP contribution in [0, 0.1) is 6.92 Å². The lowest BCUT2D eigenvalue weighted by molar-refractivity contribution is 0.0487. The van der Waals surface area contributed by atoms with Crippen molar-refractivity contribution in [1.82, 2.24) is 10.3 Å². The largest absolute Gasteiger partial charge is 0.381 e. The van der Waals surface area contributed by atoms with Crippen LogP contribution in [0.3, 0.4) is 0 Å². The van der Waals surface area contributed by atoms with E-state index in [2.05, 4.69) is 48.4 Å². The Bertz CT molecular complexity index is 719. The van der Waals surface area contributed by atoms with Gasteiger partial charge >= 0.3 is 0 Å². The van der Waals surface area contributed by atoms with E-state index in [1.807, 2.05) is 13.0 Å². The maximum Gasteiger partial charge on any atom is 0.263 e. The highest BCUT2D eigenvalue weighted by Gasteiger charge is 2.35. The van der Waals surface area contributed by atoms with E-state index in [-0.39, 0.29) is 11.3 Å². The molecular formula is C20H26N2O2S. The molecule has 0 atom stereocenters. The fourth-order valence-corrected chi connectivity index (χ4v) is 4.31. The van der Waals surface area contributed by atoms with Crippen LogP contribution >= 0.6 is 11.3 Å². The lowest BCUT2D eigenvalue weighted by atomic mass is 9.74. The standard InChI is InChI=1S/C20H26N2O2S/c1-14(2)19-22-15(3)17(25-19)18(23)21-13-20(9-11-24-12-10-20)16-7-5-4-6-8-16/h4-8,14H,9-13H2,1-3H3,(H,21,23). The summed E-state index contributed by atoms with van der Waals surface area (Å²) < 4.78 is 5.57. The first-order valence-electron chi connectivity index (χ1n) is 8.91. The summed E-state index contributed by atoms with van der Waals surface area (Å²) in [5, 5.41) is 4.20. The van der Waals surface area contributed by atoms with Gasteiger partial charge in [0.25, 0.3) is 5.91 Å². The van der Waals surface area contributed by atoms with E-state index in [0.29, 0.717) is 12.5 Å². The lowest BCUT2D eigenvalue weighted by Gasteiger charge is -2.38. The zero-order valence-corrected chi connectivity index (χ0v) is 16.0. The number of thiazole rings is 1. The molecule has 1 saturated heterocycles.